The Bertz CT molecular complexity index is 265. The van der Waals surface area contributed by atoms with Gasteiger partial charge in [0, 0.05) is 11.8 Å². The van der Waals surface area contributed by atoms with E-state index in [0.717, 1.165) is 0 Å². The Hall–Kier alpha value is -0.970. The number of hydrogen-bond donors (Lipinski definition) is 0. The van der Waals surface area contributed by atoms with Gasteiger partial charge >= 0.3 is 5.97 Å². The average molecular weight is 164 g/mol. The molecule has 2 heteroatoms. The summed E-state index contributed by atoms with van der Waals surface area (Å²) >= 11 is 0. The largest absolute Gasteiger partial charge is 0.459 e. The summed E-state index contributed by atoms with van der Waals surface area (Å²) in [5.41, 5.74) is 0.543. The van der Waals surface area contributed by atoms with Crippen molar-refractivity contribution in [2.24, 2.45) is 11.3 Å². The van der Waals surface area contributed by atoms with Crippen molar-refractivity contribution in [3.05, 3.63) is 0 Å². The molecule has 0 heterocycles. The van der Waals surface area contributed by atoms with Crippen molar-refractivity contribution in [1.29, 1.82) is 0 Å². The zero-order valence-corrected chi connectivity index (χ0v) is 7.22. The third-order valence-electron chi connectivity index (χ3n) is 3.07. The van der Waals surface area contributed by atoms with Crippen molar-refractivity contribution < 1.29 is 9.53 Å². The van der Waals surface area contributed by atoms with E-state index in [1.54, 1.807) is 0 Å². The number of methoxy groups -OCH3 is 1. The second-order valence-corrected chi connectivity index (χ2v) is 3.73. The molecule has 2 fully saturated rings. The molecule has 0 aliphatic heterocycles. The maximum atomic E-state index is 10.7. The molecule has 12 heavy (non-hydrogen) atoms. The molecule has 0 radical (unpaired) electrons. The second-order valence-electron chi connectivity index (χ2n) is 3.73. The zero-order chi connectivity index (χ0) is 8.60. The van der Waals surface area contributed by atoms with Gasteiger partial charge in [0.05, 0.1) is 7.11 Å². The Balaban J connectivity index is 1.88. The van der Waals surface area contributed by atoms with Crippen LogP contribution in [0.4, 0.5) is 0 Å². The summed E-state index contributed by atoms with van der Waals surface area (Å²) < 4.78 is 4.44. The molecule has 1 atom stereocenters. The van der Waals surface area contributed by atoms with Crippen LogP contribution in [0.5, 0.6) is 0 Å². The van der Waals surface area contributed by atoms with Gasteiger partial charge in [-0.15, -0.1) is 0 Å². The van der Waals surface area contributed by atoms with E-state index in [1.165, 1.54) is 32.8 Å². The summed E-state index contributed by atoms with van der Waals surface area (Å²) in [6.07, 6.45) is 5.18. The number of hydrogen-bond acceptors (Lipinski definition) is 2. The number of carbonyl (C=O) groups excluding carboxylic acids is 1. The molecule has 0 aromatic rings. The highest BCUT2D eigenvalue weighted by atomic mass is 16.5. The minimum atomic E-state index is -0.406. The number of rotatable bonds is 0. The Kier molecular flexibility index (Phi) is 1.61. The van der Waals surface area contributed by atoms with E-state index in [0.29, 0.717) is 11.3 Å². The quantitative estimate of drug-likeness (QED) is 0.307. The normalized spacial score (nSPS) is 28.2. The fourth-order valence-corrected chi connectivity index (χ4v) is 1.93. The summed E-state index contributed by atoms with van der Waals surface area (Å²) in [6.45, 7) is 0. The molecule has 0 aromatic heterocycles. The van der Waals surface area contributed by atoms with Gasteiger partial charge in [0.15, 0.2) is 0 Å². The number of carbonyl (C=O) groups is 1. The van der Waals surface area contributed by atoms with Gasteiger partial charge < -0.3 is 4.74 Å². The lowest BCUT2D eigenvalue weighted by atomic mass is 9.80. The highest BCUT2D eigenvalue weighted by Gasteiger charge is 2.56. The molecular formula is C10H12O2. The minimum Gasteiger partial charge on any atom is -0.459 e. The predicted octanol–water partition coefficient (Wildman–Crippen LogP) is 1.35. The third-order valence-corrected chi connectivity index (χ3v) is 3.07. The van der Waals surface area contributed by atoms with Gasteiger partial charge in [-0.25, -0.2) is 4.79 Å². The molecule has 64 valence electrons. The first-order valence-electron chi connectivity index (χ1n) is 4.36. The van der Waals surface area contributed by atoms with Gasteiger partial charge in [-0.3, -0.25) is 0 Å². The maximum Gasteiger partial charge on any atom is 0.384 e. The van der Waals surface area contributed by atoms with Crippen molar-refractivity contribution in [3.8, 4) is 11.8 Å². The van der Waals surface area contributed by atoms with Gasteiger partial charge in [0.25, 0.3) is 0 Å². The fourth-order valence-electron chi connectivity index (χ4n) is 1.93. The first-order chi connectivity index (χ1) is 5.77. The molecule has 1 spiro atoms. The summed E-state index contributed by atoms with van der Waals surface area (Å²) in [7, 11) is 1.36. The van der Waals surface area contributed by atoms with Crippen LogP contribution in [-0.4, -0.2) is 13.1 Å². The van der Waals surface area contributed by atoms with E-state index in [2.05, 4.69) is 16.6 Å². The second kappa shape index (κ2) is 2.52. The van der Waals surface area contributed by atoms with Crippen LogP contribution in [0.25, 0.3) is 0 Å². The van der Waals surface area contributed by atoms with E-state index >= 15 is 0 Å². The monoisotopic (exact) mass is 164 g/mol. The van der Waals surface area contributed by atoms with Gasteiger partial charge in [-0.2, -0.15) is 0 Å². The first kappa shape index (κ1) is 7.67. The highest BCUT2D eigenvalue weighted by Crippen LogP contribution is 2.65. The summed E-state index contributed by atoms with van der Waals surface area (Å²) in [5.74, 6) is 5.57. The lowest BCUT2D eigenvalue weighted by Crippen LogP contribution is -2.14. The van der Waals surface area contributed by atoms with Gasteiger partial charge in [0.1, 0.15) is 0 Å². The third kappa shape index (κ3) is 1.10. The Morgan fingerprint density at radius 3 is 2.75 bits per heavy atom. The van der Waals surface area contributed by atoms with Crippen molar-refractivity contribution in [3.63, 3.8) is 0 Å². The lowest BCUT2D eigenvalue weighted by molar-refractivity contribution is -0.133. The Morgan fingerprint density at radius 2 is 2.33 bits per heavy atom. The van der Waals surface area contributed by atoms with Gasteiger partial charge in [0.2, 0.25) is 0 Å². The first-order valence-corrected chi connectivity index (χ1v) is 4.36. The molecule has 2 saturated carbocycles. The SMILES string of the molecule is COC(=O)C#CC1CC12CCC2. The summed E-state index contributed by atoms with van der Waals surface area (Å²) in [5, 5.41) is 0. The molecule has 2 rings (SSSR count). The van der Waals surface area contributed by atoms with Crippen LogP contribution in [0, 0.1) is 23.2 Å². The van der Waals surface area contributed by atoms with E-state index in [-0.39, 0.29) is 0 Å². The smallest absolute Gasteiger partial charge is 0.384 e. The Labute approximate surface area is 72.3 Å². The number of esters is 1. The molecule has 0 N–H and O–H groups in total. The highest BCUT2D eigenvalue weighted by molar-refractivity contribution is 5.88. The summed E-state index contributed by atoms with van der Waals surface area (Å²) in [6, 6.07) is 0. The molecule has 0 amide bonds. The molecule has 0 aromatic carbocycles. The van der Waals surface area contributed by atoms with Crippen LogP contribution >= 0.6 is 0 Å². The number of ether oxygens (including phenoxy) is 1. The van der Waals surface area contributed by atoms with Crippen LogP contribution in [0.2, 0.25) is 0 Å². The van der Waals surface area contributed by atoms with Crippen LogP contribution in [0.15, 0.2) is 0 Å². The van der Waals surface area contributed by atoms with Crippen molar-refractivity contribution >= 4 is 5.97 Å². The lowest BCUT2D eigenvalue weighted by Gasteiger charge is -2.25. The summed E-state index contributed by atoms with van der Waals surface area (Å²) in [4.78, 5) is 10.7. The molecule has 2 aliphatic carbocycles. The van der Waals surface area contributed by atoms with Crippen LogP contribution in [0.3, 0.4) is 0 Å². The molecule has 2 nitrogen and oxygen atoms in total. The Morgan fingerprint density at radius 1 is 1.58 bits per heavy atom. The standard InChI is InChI=1S/C10H12O2/c1-12-9(11)4-3-8-7-10(8)5-2-6-10/h8H,2,5-7H2,1H3. The average Bonchev–Trinajstić information content (AvgIpc) is 2.73. The fraction of sp³-hybridized carbons (Fsp3) is 0.700. The van der Waals surface area contributed by atoms with E-state index in [1.807, 2.05) is 0 Å². The minimum absolute atomic E-state index is 0.406. The van der Waals surface area contributed by atoms with Crippen LogP contribution < -0.4 is 0 Å². The zero-order valence-electron chi connectivity index (χ0n) is 7.22. The molecular weight excluding hydrogens is 152 g/mol. The van der Waals surface area contributed by atoms with Crippen molar-refractivity contribution in [1.82, 2.24) is 0 Å². The van der Waals surface area contributed by atoms with E-state index in [9.17, 15) is 4.79 Å². The topological polar surface area (TPSA) is 26.3 Å². The molecule has 0 saturated heterocycles. The van der Waals surface area contributed by atoms with Crippen molar-refractivity contribution in [2.45, 2.75) is 25.7 Å². The van der Waals surface area contributed by atoms with Crippen LogP contribution in [-0.2, 0) is 9.53 Å². The van der Waals surface area contributed by atoms with Gasteiger partial charge in [-0.1, -0.05) is 12.3 Å². The van der Waals surface area contributed by atoms with Crippen molar-refractivity contribution in [2.75, 3.05) is 7.11 Å². The molecule has 2 aliphatic rings. The van der Waals surface area contributed by atoms with E-state index in [4.69, 9.17) is 0 Å². The maximum absolute atomic E-state index is 10.7. The van der Waals surface area contributed by atoms with E-state index < -0.39 is 5.97 Å². The molecule has 1 unspecified atom stereocenters. The molecule has 0 bridgehead atoms. The van der Waals surface area contributed by atoms with Gasteiger partial charge in [-0.05, 0) is 24.7 Å². The predicted molar refractivity (Wildman–Crippen MR) is 44.2 cm³/mol. The van der Waals surface area contributed by atoms with Crippen LogP contribution in [0.1, 0.15) is 25.7 Å².